The van der Waals surface area contributed by atoms with Crippen LogP contribution in [0.3, 0.4) is 0 Å². The van der Waals surface area contributed by atoms with E-state index in [-0.39, 0.29) is 0 Å². The van der Waals surface area contributed by atoms with Crippen molar-refractivity contribution in [1.29, 1.82) is 0 Å². The number of unbranched alkanes of at least 4 members (excludes halogenated alkanes) is 4. The van der Waals surface area contributed by atoms with E-state index in [2.05, 4.69) is 34.3 Å². The normalized spacial score (nSPS) is 11.7. The van der Waals surface area contributed by atoms with Gasteiger partial charge in [-0.05, 0) is 61.9 Å². The average molecular weight is 462 g/mol. The van der Waals surface area contributed by atoms with E-state index in [4.69, 9.17) is 4.74 Å². The van der Waals surface area contributed by atoms with E-state index in [0.717, 1.165) is 56.3 Å². The molecule has 0 radical (unpaired) electrons. The maximum absolute atomic E-state index is 11.8. The van der Waals surface area contributed by atoms with Crippen LogP contribution in [0.25, 0.3) is 0 Å². The molecule has 7 heteroatoms. The van der Waals surface area contributed by atoms with Gasteiger partial charge < -0.3 is 10.1 Å². The predicted molar refractivity (Wildman–Crippen MR) is 133 cm³/mol. The molecule has 32 heavy (non-hydrogen) atoms. The summed E-state index contributed by atoms with van der Waals surface area (Å²) in [4.78, 5) is 0. The molecule has 178 valence electrons. The largest absolute Gasteiger partial charge is 0.381 e. The second kappa shape index (κ2) is 15.0. The van der Waals surface area contributed by atoms with Gasteiger partial charge in [-0.1, -0.05) is 55.3 Å². The fraction of sp³-hybridized carbons (Fsp3) is 0.520. The highest BCUT2D eigenvalue weighted by Gasteiger charge is 2.12. The van der Waals surface area contributed by atoms with Gasteiger partial charge in [0.05, 0.1) is 0 Å². The first-order chi connectivity index (χ1) is 15.5. The Morgan fingerprint density at radius 1 is 0.781 bits per heavy atom. The Bertz CT molecular complexity index is 840. The van der Waals surface area contributed by atoms with Crippen molar-refractivity contribution in [3.05, 3.63) is 65.7 Å². The van der Waals surface area contributed by atoms with Crippen molar-refractivity contribution in [3.63, 3.8) is 0 Å². The van der Waals surface area contributed by atoms with Gasteiger partial charge in [0.25, 0.3) is 0 Å². The van der Waals surface area contributed by atoms with Gasteiger partial charge in [-0.15, -0.1) is 0 Å². The lowest BCUT2D eigenvalue weighted by Gasteiger charge is -2.13. The van der Waals surface area contributed by atoms with Gasteiger partial charge in [0.1, 0.15) is 0 Å². The highest BCUT2D eigenvalue weighted by Crippen LogP contribution is 2.14. The van der Waals surface area contributed by atoms with Gasteiger partial charge in [0, 0.05) is 39.5 Å². The number of rotatable bonds is 17. The molecule has 0 unspecified atom stereocenters. The molecule has 0 spiro atoms. The van der Waals surface area contributed by atoms with Crippen LogP contribution in [0.5, 0.6) is 0 Å². The number of nitrogens with one attached hydrogen (secondary N) is 2. The number of hydrogen-bond donors (Lipinski definition) is 2. The molecule has 0 aliphatic heterocycles. The molecule has 0 aromatic heterocycles. The van der Waals surface area contributed by atoms with Crippen LogP contribution in [0, 0.1) is 0 Å². The van der Waals surface area contributed by atoms with Crippen molar-refractivity contribution in [3.8, 4) is 0 Å². The summed E-state index contributed by atoms with van der Waals surface area (Å²) in [5.74, 6) is 0. The molecule has 2 aromatic rings. The van der Waals surface area contributed by atoms with Gasteiger partial charge in [0.15, 0.2) is 0 Å². The summed E-state index contributed by atoms with van der Waals surface area (Å²) < 4.78 is 33.1. The summed E-state index contributed by atoms with van der Waals surface area (Å²) >= 11 is 0. The Balaban J connectivity index is 1.40. The van der Waals surface area contributed by atoms with Gasteiger partial charge in [-0.2, -0.15) is 12.7 Å². The van der Waals surface area contributed by atoms with Gasteiger partial charge >= 0.3 is 10.2 Å². The van der Waals surface area contributed by atoms with E-state index in [1.165, 1.54) is 44.5 Å². The third-order valence-corrected chi connectivity index (χ3v) is 6.70. The van der Waals surface area contributed by atoms with Crippen LogP contribution in [0.4, 0.5) is 5.69 Å². The highest BCUT2D eigenvalue weighted by molar-refractivity contribution is 7.90. The number of benzene rings is 2. The Labute approximate surface area is 194 Å². The van der Waals surface area contributed by atoms with Crippen molar-refractivity contribution in [2.45, 2.75) is 51.5 Å². The van der Waals surface area contributed by atoms with Gasteiger partial charge in [-0.3, -0.25) is 4.72 Å². The molecule has 2 rings (SSSR count). The maximum atomic E-state index is 11.8. The maximum Gasteiger partial charge on any atom is 0.301 e. The van der Waals surface area contributed by atoms with Crippen molar-refractivity contribution in [2.24, 2.45) is 0 Å². The molecular formula is C25H39N3O3S. The fourth-order valence-corrected chi connectivity index (χ4v) is 3.87. The molecule has 0 fully saturated rings. The lowest BCUT2D eigenvalue weighted by atomic mass is 10.1. The molecule has 6 nitrogen and oxygen atoms in total. The van der Waals surface area contributed by atoms with Crippen molar-refractivity contribution >= 4 is 15.9 Å². The van der Waals surface area contributed by atoms with Crippen molar-refractivity contribution in [1.82, 2.24) is 9.62 Å². The molecule has 0 aliphatic carbocycles. The van der Waals surface area contributed by atoms with Gasteiger partial charge in [0.2, 0.25) is 0 Å². The standard InChI is InChI=1S/C25H39N3O3S/c1-28(2)32(29,30)27-25-17-15-23(16-18-25)12-8-11-21-31-20-10-4-3-9-19-26-22-24-13-6-5-7-14-24/h5-7,13-18,26-27H,3-4,8-12,19-22H2,1-2H3. The molecule has 0 saturated heterocycles. The minimum absolute atomic E-state index is 0.581. The Morgan fingerprint density at radius 2 is 1.44 bits per heavy atom. The number of anilines is 1. The van der Waals surface area contributed by atoms with Crippen LogP contribution in [-0.2, 0) is 27.9 Å². The zero-order valence-corrected chi connectivity index (χ0v) is 20.4. The van der Waals surface area contributed by atoms with E-state index in [9.17, 15) is 8.42 Å². The van der Waals surface area contributed by atoms with E-state index in [1.54, 1.807) is 0 Å². The fourth-order valence-electron chi connectivity index (χ4n) is 3.25. The lowest BCUT2D eigenvalue weighted by Crippen LogP contribution is -2.28. The summed E-state index contributed by atoms with van der Waals surface area (Å²) in [7, 11) is -0.442. The van der Waals surface area contributed by atoms with Crippen molar-refractivity contribution < 1.29 is 13.2 Å². The Hall–Kier alpha value is -1.93. The molecule has 0 amide bonds. The highest BCUT2D eigenvalue weighted by atomic mass is 32.2. The quantitative estimate of drug-likeness (QED) is 0.338. The molecule has 0 saturated carbocycles. The van der Waals surface area contributed by atoms with Crippen LogP contribution in [-0.4, -0.2) is 46.6 Å². The zero-order chi connectivity index (χ0) is 23.1. The van der Waals surface area contributed by atoms with E-state index in [0.29, 0.717) is 5.69 Å². The first-order valence-corrected chi connectivity index (χ1v) is 13.0. The monoisotopic (exact) mass is 461 g/mol. The average Bonchev–Trinajstić information content (AvgIpc) is 2.78. The second-order valence-electron chi connectivity index (χ2n) is 8.23. The topological polar surface area (TPSA) is 70.7 Å². The summed E-state index contributed by atoms with van der Waals surface area (Å²) in [5.41, 5.74) is 3.13. The molecule has 0 heterocycles. The minimum atomic E-state index is -3.45. The van der Waals surface area contributed by atoms with Crippen LogP contribution < -0.4 is 10.0 Å². The van der Waals surface area contributed by atoms with E-state index >= 15 is 0 Å². The molecule has 0 aliphatic rings. The van der Waals surface area contributed by atoms with Crippen LogP contribution in [0.15, 0.2) is 54.6 Å². The molecule has 0 bridgehead atoms. The molecule has 0 atom stereocenters. The number of aryl methyl sites for hydroxylation is 1. The van der Waals surface area contributed by atoms with Crippen molar-refractivity contribution in [2.75, 3.05) is 38.6 Å². The first-order valence-electron chi connectivity index (χ1n) is 11.6. The Morgan fingerprint density at radius 3 is 2.12 bits per heavy atom. The smallest absolute Gasteiger partial charge is 0.301 e. The minimum Gasteiger partial charge on any atom is -0.381 e. The summed E-state index contributed by atoms with van der Waals surface area (Å²) in [6.07, 6.45) is 7.88. The Kier molecular flexibility index (Phi) is 12.3. The number of nitrogens with zero attached hydrogens (tertiary/aromatic N) is 1. The van der Waals surface area contributed by atoms with E-state index in [1.807, 2.05) is 30.3 Å². The van der Waals surface area contributed by atoms with Crippen LogP contribution in [0.2, 0.25) is 0 Å². The first kappa shape index (κ1) is 26.3. The van der Waals surface area contributed by atoms with Crippen LogP contribution in [0.1, 0.15) is 49.7 Å². The van der Waals surface area contributed by atoms with Crippen LogP contribution >= 0.6 is 0 Å². The van der Waals surface area contributed by atoms with E-state index < -0.39 is 10.2 Å². The third-order valence-electron chi connectivity index (χ3n) is 5.25. The summed E-state index contributed by atoms with van der Waals surface area (Å²) in [6.45, 7) is 3.67. The SMILES string of the molecule is CN(C)S(=O)(=O)Nc1ccc(CCCCOCCCCCCNCc2ccccc2)cc1. The lowest BCUT2D eigenvalue weighted by molar-refractivity contribution is 0.126. The molecular weight excluding hydrogens is 422 g/mol. The molecule has 2 N–H and O–H groups in total. The summed E-state index contributed by atoms with van der Waals surface area (Å²) in [6, 6.07) is 18.1. The summed E-state index contributed by atoms with van der Waals surface area (Å²) in [5, 5.41) is 3.49. The molecule has 2 aromatic carbocycles. The zero-order valence-electron chi connectivity index (χ0n) is 19.6. The third kappa shape index (κ3) is 11.1. The second-order valence-corrected chi connectivity index (χ2v) is 10.1. The predicted octanol–water partition coefficient (Wildman–Crippen LogP) is 4.59. The number of hydrogen-bond acceptors (Lipinski definition) is 4. The van der Waals surface area contributed by atoms with Gasteiger partial charge in [-0.25, -0.2) is 0 Å². The number of ether oxygens (including phenoxy) is 1.